The molecule has 0 spiro atoms. The monoisotopic (exact) mass is 623 g/mol. The molecule has 0 aromatic carbocycles. The SMILES string of the molecule is CC(=O)NC[C@@H](I)C/C(C)=C1/O[C@@H]2C[C@H]3[C@H]4CC=C5C[C@@H](OC(C)=O)CC[C@]5(C)[C@@H]4CC[C@]3(C)[C@H]2[C@H]1C. The summed E-state index contributed by atoms with van der Waals surface area (Å²) in [5, 5.41) is 2.96. The van der Waals surface area contributed by atoms with Crippen molar-refractivity contribution in [1.82, 2.24) is 5.32 Å². The predicted octanol–water partition coefficient (Wildman–Crippen LogP) is 6.75. The zero-order valence-corrected chi connectivity index (χ0v) is 25.7. The van der Waals surface area contributed by atoms with E-state index in [0.29, 0.717) is 33.8 Å². The van der Waals surface area contributed by atoms with Crippen LogP contribution in [0.25, 0.3) is 0 Å². The van der Waals surface area contributed by atoms with E-state index >= 15 is 0 Å². The zero-order chi connectivity index (χ0) is 26.7. The van der Waals surface area contributed by atoms with Gasteiger partial charge in [-0.25, -0.2) is 0 Å². The Hall–Kier alpha value is -1.05. The van der Waals surface area contributed by atoms with Crippen molar-refractivity contribution in [2.45, 2.75) is 109 Å². The second-order valence-corrected chi connectivity index (χ2v) is 15.1. The number of hydrogen-bond acceptors (Lipinski definition) is 4. The lowest BCUT2D eigenvalue weighted by Crippen LogP contribution is -2.51. The standard InChI is InChI=1S/C31H46INO4/c1-17(13-22(32)16-33-19(3)34)29-18(2)28-27(37-29)15-26-24-8-7-21-14-23(36-20(4)35)9-11-30(21,5)25(24)10-12-31(26,28)6/h7,18,22-28H,8-16H2,1-6H3,(H,33,34)/b29-17+/t18-,22+,23+,24+,25-,26+,27-,28+,30+,31+/m1/s1. The fourth-order valence-electron chi connectivity index (χ4n) is 9.69. The normalized spacial score (nSPS) is 44.3. The molecule has 1 aliphatic heterocycles. The number of carbonyl (C=O) groups is 2. The summed E-state index contributed by atoms with van der Waals surface area (Å²) in [5.41, 5.74) is 3.52. The second kappa shape index (κ2) is 10.2. The third kappa shape index (κ3) is 4.80. The predicted molar refractivity (Wildman–Crippen MR) is 154 cm³/mol. The molecule has 5 aliphatic rings. The Morgan fingerprint density at radius 1 is 1.19 bits per heavy atom. The summed E-state index contributed by atoms with van der Waals surface area (Å²) in [4.78, 5) is 22.9. The molecule has 6 heteroatoms. The van der Waals surface area contributed by atoms with Gasteiger partial charge in [-0.05, 0) is 86.0 Å². The molecule has 37 heavy (non-hydrogen) atoms. The minimum absolute atomic E-state index is 0.0394. The summed E-state index contributed by atoms with van der Waals surface area (Å²) in [6, 6.07) is 0. The maximum absolute atomic E-state index is 11.6. The van der Waals surface area contributed by atoms with Crippen molar-refractivity contribution in [3.05, 3.63) is 23.0 Å². The highest BCUT2D eigenvalue weighted by atomic mass is 127. The number of nitrogens with one attached hydrogen (secondary N) is 1. The maximum atomic E-state index is 11.6. The van der Waals surface area contributed by atoms with Gasteiger partial charge in [-0.15, -0.1) is 0 Å². The topological polar surface area (TPSA) is 64.6 Å². The number of esters is 1. The van der Waals surface area contributed by atoms with Gasteiger partial charge in [0.2, 0.25) is 5.91 Å². The lowest BCUT2D eigenvalue weighted by molar-refractivity contribution is -0.148. The quantitative estimate of drug-likeness (QED) is 0.159. The number of amides is 1. The Morgan fingerprint density at radius 3 is 2.65 bits per heavy atom. The van der Waals surface area contributed by atoms with Crippen LogP contribution in [0.5, 0.6) is 0 Å². The summed E-state index contributed by atoms with van der Waals surface area (Å²) in [6.45, 7) is 13.6. The first-order chi connectivity index (χ1) is 17.4. The number of fused-ring (bicyclic) bond motifs is 7. The molecule has 0 radical (unpaired) electrons. The first-order valence-electron chi connectivity index (χ1n) is 14.6. The molecular weight excluding hydrogens is 577 g/mol. The van der Waals surface area contributed by atoms with Crippen LogP contribution in [0.2, 0.25) is 0 Å². The molecular formula is C31H46INO4. The molecule has 5 nitrogen and oxygen atoms in total. The van der Waals surface area contributed by atoms with Gasteiger partial charge in [-0.3, -0.25) is 9.59 Å². The van der Waals surface area contributed by atoms with E-state index in [1.165, 1.54) is 43.9 Å². The number of ether oxygens (including phenoxy) is 2. The average molecular weight is 624 g/mol. The maximum Gasteiger partial charge on any atom is 0.302 e. The Kier molecular flexibility index (Phi) is 7.56. The summed E-state index contributed by atoms with van der Waals surface area (Å²) in [6.07, 6.45) is 12.0. The Morgan fingerprint density at radius 2 is 1.95 bits per heavy atom. The van der Waals surface area contributed by atoms with Gasteiger partial charge in [-0.2, -0.15) is 0 Å². The van der Waals surface area contributed by atoms with Gasteiger partial charge >= 0.3 is 5.97 Å². The Bertz CT molecular complexity index is 1010. The largest absolute Gasteiger partial charge is 0.494 e. The van der Waals surface area contributed by atoms with Crippen LogP contribution in [0.4, 0.5) is 0 Å². The molecule has 1 amide bonds. The molecule has 0 aromatic rings. The van der Waals surface area contributed by atoms with Crippen molar-refractivity contribution >= 4 is 34.5 Å². The van der Waals surface area contributed by atoms with Crippen molar-refractivity contribution in [1.29, 1.82) is 0 Å². The molecule has 3 saturated carbocycles. The molecule has 10 atom stereocenters. The van der Waals surface area contributed by atoms with E-state index in [4.69, 9.17) is 9.47 Å². The first-order valence-corrected chi connectivity index (χ1v) is 15.8. The van der Waals surface area contributed by atoms with E-state index in [0.717, 1.165) is 43.4 Å². The summed E-state index contributed by atoms with van der Waals surface area (Å²) >= 11 is 2.46. The summed E-state index contributed by atoms with van der Waals surface area (Å²) in [5.74, 6) is 4.40. The number of rotatable bonds is 5. The van der Waals surface area contributed by atoms with Gasteiger partial charge in [0.15, 0.2) is 0 Å². The number of alkyl halides is 1. The van der Waals surface area contributed by atoms with Crippen LogP contribution in [0.3, 0.4) is 0 Å². The number of halogens is 1. The van der Waals surface area contributed by atoms with Crippen LogP contribution in [0.1, 0.15) is 92.9 Å². The highest BCUT2D eigenvalue weighted by Gasteiger charge is 2.65. The van der Waals surface area contributed by atoms with Crippen molar-refractivity contribution in [3.63, 3.8) is 0 Å². The summed E-state index contributed by atoms with van der Waals surface area (Å²) in [7, 11) is 0. The molecule has 206 valence electrons. The average Bonchev–Trinajstić information content (AvgIpc) is 3.31. The third-order valence-electron chi connectivity index (χ3n) is 11.2. The van der Waals surface area contributed by atoms with Gasteiger partial charge in [0.25, 0.3) is 0 Å². The molecule has 0 aromatic heterocycles. The van der Waals surface area contributed by atoms with E-state index in [2.05, 4.69) is 61.7 Å². The van der Waals surface area contributed by atoms with Crippen molar-refractivity contribution in [2.24, 2.45) is 40.4 Å². The highest BCUT2D eigenvalue weighted by molar-refractivity contribution is 14.1. The molecule has 5 rings (SSSR count). The van der Waals surface area contributed by atoms with E-state index in [1.807, 2.05) is 0 Å². The van der Waals surface area contributed by atoms with Crippen LogP contribution in [0.15, 0.2) is 23.0 Å². The van der Waals surface area contributed by atoms with Crippen LogP contribution >= 0.6 is 22.6 Å². The van der Waals surface area contributed by atoms with Crippen LogP contribution in [-0.4, -0.2) is 34.6 Å². The molecule has 1 heterocycles. The van der Waals surface area contributed by atoms with E-state index in [-0.39, 0.29) is 23.4 Å². The Labute approximate surface area is 237 Å². The van der Waals surface area contributed by atoms with Crippen molar-refractivity contribution in [2.75, 3.05) is 6.54 Å². The van der Waals surface area contributed by atoms with Gasteiger partial charge in [0.05, 0.1) is 5.76 Å². The number of carbonyl (C=O) groups excluding carboxylic acids is 2. The van der Waals surface area contributed by atoms with Crippen LogP contribution < -0.4 is 5.32 Å². The van der Waals surface area contributed by atoms with E-state index < -0.39 is 0 Å². The van der Waals surface area contributed by atoms with Gasteiger partial charge in [0, 0.05) is 42.6 Å². The summed E-state index contributed by atoms with van der Waals surface area (Å²) < 4.78 is 12.8. The highest BCUT2D eigenvalue weighted by Crippen LogP contribution is 2.69. The molecule has 4 fully saturated rings. The van der Waals surface area contributed by atoms with Gasteiger partial charge in [0.1, 0.15) is 12.2 Å². The zero-order valence-electron chi connectivity index (χ0n) is 23.6. The molecule has 1 N–H and O–H groups in total. The van der Waals surface area contributed by atoms with Crippen LogP contribution in [0, 0.1) is 40.4 Å². The fourth-order valence-corrected chi connectivity index (χ4v) is 10.6. The Balaban J connectivity index is 1.31. The molecule has 0 bridgehead atoms. The minimum Gasteiger partial charge on any atom is -0.494 e. The molecule has 4 aliphatic carbocycles. The first kappa shape index (κ1) is 27.5. The van der Waals surface area contributed by atoms with Gasteiger partial charge < -0.3 is 14.8 Å². The fraction of sp³-hybridized carbons (Fsp3) is 0.806. The number of hydrogen-bond donors (Lipinski definition) is 1. The van der Waals surface area contributed by atoms with Gasteiger partial charge in [-0.1, -0.05) is 55.0 Å². The third-order valence-corrected chi connectivity index (χ3v) is 12.1. The molecule has 1 saturated heterocycles. The smallest absolute Gasteiger partial charge is 0.302 e. The van der Waals surface area contributed by atoms with E-state index in [1.54, 1.807) is 12.5 Å². The minimum atomic E-state index is -0.145. The van der Waals surface area contributed by atoms with Crippen molar-refractivity contribution < 1.29 is 19.1 Å². The molecule has 0 unspecified atom stereocenters. The van der Waals surface area contributed by atoms with E-state index in [9.17, 15) is 9.59 Å². The van der Waals surface area contributed by atoms with Crippen LogP contribution in [-0.2, 0) is 19.1 Å². The second-order valence-electron chi connectivity index (χ2n) is 13.4. The number of allylic oxidation sites excluding steroid dienone is 3. The lowest BCUT2D eigenvalue weighted by atomic mass is 9.47. The van der Waals surface area contributed by atoms with Crippen molar-refractivity contribution in [3.8, 4) is 0 Å². The lowest BCUT2D eigenvalue weighted by Gasteiger charge is -2.58.